The SMILES string of the molecule is CNC(C(=O)Nc1cccc(F)c1CCC1CNCC(C)N1S(C)(=O)=O)C(Cc1ccc(F)cc1)C1C=CC(Cl)=CC1. The minimum Gasteiger partial charge on any atom is -0.324 e. The van der Waals surface area contributed by atoms with E-state index in [0.717, 1.165) is 5.56 Å². The van der Waals surface area contributed by atoms with E-state index < -0.39 is 21.9 Å². The highest BCUT2D eigenvalue weighted by atomic mass is 35.5. The number of carbonyl (C=O) groups excluding carboxylic acids is 1. The molecule has 1 saturated heterocycles. The second-order valence-electron chi connectivity index (χ2n) is 11.2. The van der Waals surface area contributed by atoms with E-state index >= 15 is 4.39 Å². The van der Waals surface area contributed by atoms with Crippen molar-refractivity contribution in [3.05, 3.63) is 88.5 Å². The molecule has 1 amide bonds. The number of allylic oxidation sites excluding steroid dienone is 4. The third-order valence-corrected chi connectivity index (χ3v) is 9.85. The van der Waals surface area contributed by atoms with Gasteiger partial charge in [-0.3, -0.25) is 4.79 Å². The van der Waals surface area contributed by atoms with Gasteiger partial charge in [0.15, 0.2) is 0 Å². The number of amides is 1. The molecule has 4 rings (SSSR count). The molecule has 3 N–H and O–H groups in total. The fourth-order valence-corrected chi connectivity index (χ4v) is 7.77. The topological polar surface area (TPSA) is 90.5 Å². The summed E-state index contributed by atoms with van der Waals surface area (Å²) >= 11 is 6.17. The van der Waals surface area contributed by atoms with E-state index in [2.05, 4.69) is 16.0 Å². The predicted molar refractivity (Wildman–Crippen MR) is 164 cm³/mol. The van der Waals surface area contributed by atoms with Gasteiger partial charge in [0.25, 0.3) is 0 Å². The summed E-state index contributed by atoms with van der Waals surface area (Å²) < 4.78 is 55.3. The summed E-state index contributed by atoms with van der Waals surface area (Å²) in [5.41, 5.74) is 1.57. The maximum absolute atomic E-state index is 15.2. The van der Waals surface area contributed by atoms with Crippen LogP contribution < -0.4 is 16.0 Å². The molecule has 1 aliphatic heterocycles. The first-order chi connectivity index (χ1) is 20.0. The van der Waals surface area contributed by atoms with Crippen LogP contribution in [0.15, 0.2) is 65.7 Å². The lowest BCUT2D eigenvalue weighted by atomic mass is 9.78. The van der Waals surface area contributed by atoms with Gasteiger partial charge in [-0.1, -0.05) is 42.0 Å². The summed E-state index contributed by atoms with van der Waals surface area (Å²) in [6.07, 6.45) is 8.70. The number of piperazine rings is 1. The highest BCUT2D eigenvalue weighted by Gasteiger charge is 2.35. The van der Waals surface area contributed by atoms with Crippen LogP contribution in [-0.2, 0) is 27.7 Å². The van der Waals surface area contributed by atoms with Gasteiger partial charge in [-0.2, -0.15) is 4.31 Å². The van der Waals surface area contributed by atoms with Crippen molar-refractivity contribution in [1.82, 2.24) is 14.9 Å². The van der Waals surface area contributed by atoms with E-state index in [1.807, 2.05) is 25.2 Å². The van der Waals surface area contributed by atoms with Crippen LogP contribution in [0.25, 0.3) is 0 Å². The van der Waals surface area contributed by atoms with Crippen LogP contribution >= 0.6 is 11.6 Å². The minimum atomic E-state index is -3.45. The number of rotatable bonds is 11. The summed E-state index contributed by atoms with van der Waals surface area (Å²) in [6.45, 7) is 2.86. The molecule has 2 aliphatic rings. The van der Waals surface area contributed by atoms with Crippen LogP contribution in [0.1, 0.15) is 30.9 Å². The van der Waals surface area contributed by atoms with Gasteiger partial charge in [-0.25, -0.2) is 17.2 Å². The third kappa shape index (κ3) is 8.05. The fourth-order valence-electron chi connectivity index (χ4n) is 6.15. The van der Waals surface area contributed by atoms with E-state index in [-0.39, 0.29) is 42.1 Å². The molecule has 1 heterocycles. The number of carbonyl (C=O) groups is 1. The Kier molecular flexibility index (Phi) is 10.9. The van der Waals surface area contributed by atoms with Crippen molar-refractivity contribution in [2.24, 2.45) is 11.8 Å². The standard InChI is InChI=1S/C31H39ClF2N4O3S/c1-20-18-36-19-25(38(20)42(3,40)41)15-16-26-28(34)5-4-6-29(26)37-31(39)30(35-2)27(22-9-11-23(32)12-10-22)17-21-7-13-24(33)14-8-21/h4-9,11-14,20,22,25,27,30,35-36H,10,15-19H2,1-3H3,(H,37,39). The zero-order chi connectivity index (χ0) is 30.4. The summed E-state index contributed by atoms with van der Waals surface area (Å²) in [5, 5.41) is 10.0. The molecule has 42 heavy (non-hydrogen) atoms. The van der Waals surface area contributed by atoms with Gasteiger partial charge in [0.1, 0.15) is 11.6 Å². The molecule has 1 fully saturated rings. The number of halogens is 3. The van der Waals surface area contributed by atoms with Crippen molar-refractivity contribution in [3.8, 4) is 0 Å². The first-order valence-corrected chi connectivity index (χ1v) is 16.4. The molecule has 228 valence electrons. The van der Waals surface area contributed by atoms with Crippen LogP contribution in [-0.4, -0.2) is 63.1 Å². The van der Waals surface area contributed by atoms with Crippen molar-refractivity contribution in [1.29, 1.82) is 0 Å². The highest BCUT2D eigenvalue weighted by Crippen LogP contribution is 2.32. The molecular weight excluding hydrogens is 582 g/mol. The van der Waals surface area contributed by atoms with Crippen LogP contribution in [0.5, 0.6) is 0 Å². The van der Waals surface area contributed by atoms with Crippen LogP contribution in [0.3, 0.4) is 0 Å². The zero-order valence-electron chi connectivity index (χ0n) is 24.1. The number of hydrogen-bond acceptors (Lipinski definition) is 5. The quantitative estimate of drug-likeness (QED) is 0.342. The van der Waals surface area contributed by atoms with Gasteiger partial charge in [0.2, 0.25) is 15.9 Å². The second kappa shape index (κ2) is 14.2. The van der Waals surface area contributed by atoms with Crippen molar-refractivity contribution in [3.63, 3.8) is 0 Å². The number of sulfonamides is 1. The second-order valence-corrected chi connectivity index (χ2v) is 13.5. The number of nitrogens with one attached hydrogen (secondary N) is 3. The predicted octanol–water partition coefficient (Wildman–Crippen LogP) is 4.60. The number of anilines is 1. The zero-order valence-corrected chi connectivity index (χ0v) is 25.7. The Morgan fingerprint density at radius 2 is 1.90 bits per heavy atom. The van der Waals surface area contributed by atoms with Crippen LogP contribution in [0, 0.1) is 23.5 Å². The first kappa shape index (κ1) is 32.3. The van der Waals surface area contributed by atoms with Gasteiger partial charge in [0, 0.05) is 41.5 Å². The molecule has 7 nitrogen and oxygen atoms in total. The number of hydrogen-bond donors (Lipinski definition) is 3. The number of benzene rings is 2. The lowest BCUT2D eigenvalue weighted by Crippen LogP contribution is -2.58. The van der Waals surface area contributed by atoms with Gasteiger partial charge < -0.3 is 16.0 Å². The van der Waals surface area contributed by atoms with E-state index in [1.54, 1.807) is 31.3 Å². The molecule has 2 aromatic rings. The third-order valence-electron chi connectivity index (χ3n) is 8.15. The molecule has 1 aliphatic carbocycles. The fraction of sp³-hybridized carbons (Fsp3) is 0.452. The van der Waals surface area contributed by atoms with Gasteiger partial charge >= 0.3 is 0 Å². The number of likely N-dealkylation sites (N-methyl/N-ethyl adjacent to an activating group) is 1. The molecule has 0 saturated carbocycles. The molecule has 0 spiro atoms. The molecule has 0 bridgehead atoms. The smallest absolute Gasteiger partial charge is 0.241 e. The lowest BCUT2D eigenvalue weighted by molar-refractivity contribution is -0.119. The highest BCUT2D eigenvalue weighted by molar-refractivity contribution is 7.88. The van der Waals surface area contributed by atoms with E-state index in [0.29, 0.717) is 48.6 Å². The Balaban J connectivity index is 1.55. The molecular formula is C31H39ClF2N4O3S. The van der Waals surface area contributed by atoms with Crippen LogP contribution in [0.4, 0.5) is 14.5 Å². The Labute approximate surface area is 252 Å². The summed E-state index contributed by atoms with van der Waals surface area (Å²) in [4.78, 5) is 13.8. The Morgan fingerprint density at radius 3 is 2.55 bits per heavy atom. The van der Waals surface area contributed by atoms with E-state index in [1.165, 1.54) is 28.8 Å². The minimum absolute atomic E-state index is 0.0181. The average molecular weight is 621 g/mol. The first-order valence-electron chi connectivity index (χ1n) is 14.2. The molecule has 2 aromatic carbocycles. The average Bonchev–Trinajstić information content (AvgIpc) is 2.93. The van der Waals surface area contributed by atoms with Gasteiger partial charge in [-0.15, -0.1) is 0 Å². The molecule has 5 unspecified atom stereocenters. The molecule has 11 heteroatoms. The van der Waals surface area contributed by atoms with Gasteiger partial charge in [0.05, 0.1) is 12.3 Å². The Hall–Kier alpha value is -2.63. The molecule has 5 atom stereocenters. The molecule has 0 radical (unpaired) electrons. The largest absolute Gasteiger partial charge is 0.324 e. The van der Waals surface area contributed by atoms with Crippen molar-refractivity contribution in [2.75, 3.05) is 31.7 Å². The van der Waals surface area contributed by atoms with Crippen molar-refractivity contribution < 1.29 is 22.0 Å². The van der Waals surface area contributed by atoms with Crippen molar-refractivity contribution in [2.45, 2.75) is 50.7 Å². The van der Waals surface area contributed by atoms with Crippen LogP contribution in [0.2, 0.25) is 0 Å². The van der Waals surface area contributed by atoms with Crippen molar-refractivity contribution >= 4 is 33.2 Å². The monoisotopic (exact) mass is 620 g/mol. The maximum Gasteiger partial charge on any atom is 0.241 e. The summed E-state index contributed by atoms with van der Waals surface area (Å²) in [7, 11) is -1.74. The van der Waals surface area contributed by atoms with Gasteiger partial charge in [-0.05, 0) is 87.4 Å². The normalized spacial score (nSPS) is 22.8. The summed E-state index contributed by atoms with van der Waals surface area (Å²) in [5.74, 6) is -1.35. The van der Waals surface area contributed by atoms with E-state index in [4.69, 9.17) is 11.6 Å². The summed E-state index contributed by atoms with van der Waals surface area (Å²) in [6, 6.07) is 9.58. The number of nitrogens with zero attached hydrogens (tertiary/aromatic N) is 1. The van der Waals surface area contributed by atoms with E-state index in [9.17, 15) is 17.6 Å². The molecule has 0 aromatic heterocycles. The maximum atomic E-state index is 15.2. The lowest BCUT2D eigenvalue weighted by Gasteiger charge is -2.39. The Bertz CT molecular complexity index is 1420. The Morgan fingerprint density at radius 1 is 1.17 bits per heavy atom.